The van der Waals surface area contributed by atoms with Gasteiger partial charge < -0.3 is 9.80 Å². The third kappa shape index (κ3) is 2.49. The third-order valence-electron chi connectivity index (χ3n) is 7.71. The average molecular weight is 397 g/mol. The highest BCUT2D eigenvalue weighted by molar-refractivity contribution is 5.87. The molecule has 3 aromatic carbocycles. The lowest BCUT2D eigenvalue weighted by atomic mass is 9.82. The molecule has 0 saturated heterocycles. The van der Waals surface area contributed by atoms with Crippen molar-refractivity contribution in [2.75, 3.05) is 23.9 Å². The van der Waals surface area contributed by atoms with Crippen molar-refractivity contribution in [3.8, 4) is 0 Å². The summed E-state index contributed by atoms with van der Waals surface area (Å²) < 4.78 is 0. The van der Waals surface area contributed by atoms with Crippen molar-refractivity contribution >= 4 is 22.7 Å². The summed E-state index contributed by atoms with van der Waals surface area (Å²) >= 11 is 0. The van der Waals surface area contributed by atoms with Crippen LogP contribution in [0.15, 0.2) is 24.3 Å². The minimum absolute atomic E-state index is 1.02. The van der Waals surface area contributed by atoms with Gasteiger partial charge in [-0.25, -0.2) is 0 Å². The van der Waals surface area contributed by atoms with E-state index in [-0.39, 0.29) is 0 Å². The minimum Gasteiger partial charge on any atom is -0.344 e. The van der Waals surface area contributed by atoms with Crippen LogP contribution in [0.4, 0.5) is 22.7 Å². The van der Waals surface area contributed by atoms with Crippen molar-refractivity contribution in [3.63, 3.8) is 0 Å². The highest BCUT2D eigenvalue weighted by Crippen LogP contribution is 2.50. The van der Waals surface area contributed by atoms with Gasteiger partial charge in [-0.2, -0.15) is 0 Å². The summed E-state index contributed by atoms with van der Waals surface area (Å²) in [5.41, 5.74) is 19.8. The molecule has 0 spiro atoms. The van der Waals surface area contributed by atoms with Crippen molar-refractivity contribution in [1.82, 2.24) is 0 Å². The van der Waals surface area contributed by atoms with E-state index in [1.165, 1.54) is 78.4 Å². The van der Waals surface area contributed by atoms with Gasteiger partial charge in [0.15, 0.2) is 0 Å². The fourth-order valence-corrected chi connectivity index (χ4v) is 5.69. The number of nitrogens with zero attached hydrogens (tertiary/aromatic N) is 2. The van der Waals surface area contributed by atoms with Crippen molar-refractivity contribution in [2.24, 2.45) is 0 Å². The summed E-state index contributed by atoms with van der Waals surface area (Å²) in [7, 11) is 4.50. The zero-order valence-electron chi connectivity index (χ0n) is 19.6. The summed E-state index contributed by atoms with van der Waals surface area (Å²) in [4.78, 5) is 4.89. The molecule has 2 aliphatic rings. The van der Waals surface area contributed by atoms with E-state index in [0.717, 1.165) is 12.8 Å². The Kier molecular flexibility index (Phi) is 4.09. The monoisotopic (exact) mass is 396 g/mol. The lowest BCUT2D eigenvalue weighted by molar-refractivity contribution is 0.967. The zero-order chi connectivity index (χ0) is 21.5. The maximum Gasteiger partial charge on any atom is 0.0480 e. The first-order valence-electron chi connectivity index (χ1n) is 11.0. The molecule has 0 fully saturated rings. The van der Waals surface area contributed by atoms with Gasteiger partial charge in [0.2, 0.25) is 0 Å². The predicted molar refractivity (Wildman–Crippen MR) is 129 cm³/mol. The van der Waals surface area contributed by atoms with Crippen LogP contribution in [0.5, 0.6) is 0 Å². The van der Waals surface area contributed by atoms with E-state index in [9.17, 15) is 0 Å². The Morgan fingerprint density at radius 1 is 0.533 bits per heavy atom. The Hall–Kier alpha value is -2.74. The first-order chi connectivity index (χ1) is 14.2. The molecule has 5 rings (SSSR count). The van der Waals surface area contributed by atoms with E-state index in [1.54, 1.807) is 0 Å². The molecule has 2 heterocycles. The molecule has 0 saturated carbocycles. The normalized spacial score (nSPS) is 14.3. The molecule has 2 aliphatic heterocycles. The van der Waals surface area contributed by atoms with Crippen LogP contribution in [0.1, 0.15) is 55.6 Å². The lowest BCUT2D eigenvalue weighted by Gasteiger charge is -2.39. The Morgan fingerprint density at radius 3 is 1.23 bits per heavy atom. The number of aryl methyl sites for hydroxylation is 4. The number of fused-ring (bicyclic) bond motifs is 4. The third-order valence-corrected chi connectivity index (χ3v) is 7.71. The first kappa shape index (κ1) is 19.2. The number of rotatable bonds is 0. The first-order valence-corrected chi connectivity index (χ1v) is 11.0. The second-order valence-corrected chi connectivity index (χ2v) is 9.51. The van der Waals surface area contributed by atoms with Crippen LogP contribution in [-0.2, 0) is 12.8 Å². The van der Waals surface area contributed by atoms with Gasteiger partial charge in [-0.05, 0) is 109 Å². The smallest absolute Gasteiger partial charge is 0.0480 e. The quantitative estimate of drug-likeness (QED) is 0.408. The van der Waals surface area contributed by atoms with Gasteiger partial charge in [0.05, 0.1) is 0 Å². The molecule has 0 radical (unpaired) electrons. The van der Waals surface area contributed by atoms with Gasteiger partial charge >= 0.3 is 0 Å². The molecule has 0 aliphatic carbocycles. The summed E-state index contributed by atoms with van der Waals surface area (Å²) in [6, 6.07) is 9.53. The maximum absolute atomic E-state index is 2.44. The van der Waals surface area contributed by atoms with Gasteiger partial charge in [-0.15, -0.1) is 0 Å². The molecule has 154 valence electrons. The van der Waals surface area contributed by atoms with Crippen molar-refractivity contribution < 1.29 is 0 Å². The van der Waals surface area contributed by atoms with Gasteiger partial charge in [-0.3, -0.25) is 0 Å². The number of anilines is 4. The Bertz CT molecular complexity index is 1140. The van der Waals surface area contributed by atoms with Crippen molar-refractivity contribution in [1.29, 1.82) is 0 Å². The Balaban J connectivity index is 1.74. The summed E-state index contributed by atoms with van der Waals surface area (Å²) in [6.07, 6.45) is 2.04. The maximum atomic E-state index is 2.44. The fraction of sp³-hybridized carbons (Fsp3) is 0.357. The Labute approximate surface area is 181 Å². The van der Waals surface area contributed by atoms with Crippen LogP contribution in [0.25, 0.3) is 0 Å². The second kappa shape index (κ2) is 6.38. The molecule has 0 bridgehead atoms. The number of hydrogen-bond donors (Lipinski definition) is 0. The van der Waals surface area contributed by atoms with E-state index >= 15 is 0 Å². The molecule has 0 N–H and O–H groups in total. The summed E-state index contributed by atoms with van der Waals surface area (Å²) in [6.45, 7) is 13.6. The van der Waals surface area contributed by atoms with Crippen LogP contribution in [0, 0.1) is 41.5 Å². The number of hydrogen-bond acceptors (Lipinski definition) is 2. The highest BCUT2D eigenvalue weighted by Gasteiger charge is 2.32. The van der Waals surface area contributed by atoms with Crippen LogP contribution < -0.4 is 9.80 Å². The van der Waals surface area contributed by atoms with Gasteiger partial charge in [-0.1, -0.05) is 12.1 Å². The van der Waals surface area contributed by atoms with Gasteiger partial charge in [0.25, 0.3) is 0 Å². The Morgan fingerprint density at radius 2 is 0.867 bits per heavy atom. The average Bonchev–Trinajstić information content (AvgIpc) is 2.69. The molecule has 0 aromatic heterocycles. The number of benzene rings is 3. The van der Waals surface area contributed by atoms with E-state index in [4.69, 9.17) is 0 Å². The highest BCUT2D eigenvalue weighted by atomic mass is 15.1. The summed E-state index contributed by atoms with van der Waals surface area (Å²) in [5.74, 6) is 0. The van der Waals surface area contributed by atoms with Crippen LogP contribution in [-0.4, -0.2) is 14.1 Å². The van der Waals surface area contributed by atoms with E-state index in [0.29, 0.717) is 0 Å². The second-order valence-electron chi connectivity index (χ2n) is 9.51. The van der Waals surface area contributed by atoms with E-state index in [1.807, 2.05) is 0 Å². The molecule has 0 unspecified atom stereocenters. The molecule has 0 amide bonds. The van der Waals surface area contributed by atoms with E-state index < -0.39 is 0 Å². The molecule has 3 aromatic rings. The van der Waals surface area contributed by atoms with Crippen LogP contribution in [0.3, 0.4) is 0 Å². The lowest BCUT2D eigenvalue weighted by Crippen LogP contribution is -2.26. The van der Waals surface area contributed by atoms with E-state index in [2.05, 4.69) is 89.7 Å². The van der Waals surface area contributed by atoms with Crippen LogP contribution >= 0.6 is 0 Å². The van der Waals surface area contributed by atoms with Crippen LogP contribution in [0.2, 0.25) is 0 Å². The largest absolute Gasteiger partial charge is 0.344 e. The standard InChI is InChI=1S/C28H32N2/c1-15-9-21-13-23-19(5)28-24(20(6)27(23)29(7)25(21)11-17(15)3)14-22-10-16(2)18(4)12-26(22)30(28)8/h9-12H,13-14H2,1-8H3. The molecule has 2 nitrogen and oxygen atoms in total. The van der Waals surface area contributed by atoms with Crippen molar-refractivity contribution in [2.45, 2.75) is 54.4 Å². The molecule has 0 atom stereocenters. The molecular formula is C28H32N2. The molecule has 2 heteroatoms. The van der Waals surface area contributed by atoms with Crippen molar-refractivity contribution in [3.05, 3.63) is 79.9 Å². The van der Waals surface area contributed by atoms with Gasteiger partial charge in [0.1, 0.15) is 0 Å². The topological polar surface area (TPSA) is 6.48 Å². The molecule has 30 heavy (non-hydrogen) atoms. The predicted octanol–water partition coefficient (Wildman–Crippen LogP) is 6.88. The minimum atomic E-state index is 1.02. The summed E-state index contributed by atoms with van der Waals surface area (Å²) in [5, 5.41) is 0. The van der Waals surface area contributed by atoms with Gasteiger partial charge in [0, 0.05) is 49.7 Å². The zero-order valence-corrected chi connectivity index (χ0v) is 19.6. The SMILES string of the molecule is Cc1cc2c(cc1C)N(C)c1c(C)c3c(c(C)c1C2)N(C)c1cc(C)c(C)cc1C3. The molecular weight excluding hydrogens is 364 g/mol. The fourth-order valence-electron chi connectivity index (χ4n) is 5.69.